The number of nitrogens with one attached hydrogen (secondary N) is 3. The van der Waals surface area contributed by atoms with Gasteiger partial charge in [-0.05, 0) is 25.9 Å². The Morgan fingerprint density at radius 3 is 2.54 bits per heavy atom. The molecular formula is C8H18N4O. The van der Waals surface area contributed by atoms with E-state index in [1.807, 2.05) is 0 Å². The number of hydrogen-bond donors (Lipinski definition) is 3. The van der Waals surface area contributed by atoms with Crippen LogP contribution in [0.1, 0.15) is 12.8 Å². The van der Waals surface area contributed by atoms with E-state index in [0.717, 1.165) is 25.9 Å². The summed E-state index contributed by atoms with van der Waals surface area (Å²) in [7, 11) is 3.59. The second-order valence-electron chi connectivity index (χ2n) is 3.50. The Labute approximate surface area is 78.8 Å². The molecule has 1 fully saturated rings. The third-order valence-electron chi connectivity index (χ3n) is 2.00. The molecule has 1 aliphatic heterocycles. The average Bonchev–Trinajstić information content (AvgIpc) is 2.04. The van der Waals surface area contributed by atoms with Crippen LogP contribution < -0.4 is 16.1 Å². The van der Waals surface area contributed by atoms with Gasteiger partial charge in [-0.3, -0.25) is 5.43 Å². The van der Waals surface area contributed by atoms with Gasteiger partial charge in [0.1, 0.15) is 0 Å². The Kier molecular flexibility index (Phi) is 3.98. The SMILES string of the molecule is CN(C)NC(=O)NC1CCNCC1. The molecule has 0 saturated carbocycles. The van der Waals surface area contributed by atoms with Crippen LogP contribution in [0.15, 0.2) is 0 Å². The minimum Gasteiger partial charge on any atom is -0.334 e. The van der Waals surface area contributed by atoms with Gasteiger partial charge in [0.15, 0.2) is 0 Å². The lowest BCUT2D eigenvalue weighted by Gasteiger charge is -2.24. The van der Waals surface area contributed by atoms with Crippen molar-refractivity contribution in [1.82, 2.24) is 21.1 Å². The van der Waals surface area contributed by atoms with Crippen molar-refractivity contribution >= 4 is 6.03 Å². The molecule has 1 heterocycles. The van der Waals surface area contributed by atoms with E-state index in [2.05, 4.69) is 16.1 Å². The monoisotopic (exact) mass is 186 g/mol. The summed E-state index contributed by atoms with van der Waals surface area (Å²) in [5, 5.41) is 7.80. The molecule has 1 rings (SSSR count). The van der Waals surface area contributed by atoms with E-state index < -0.39 is 0 Å². The number of amides is 2. The number of carbonyl (C=O) groups is 1. The number of rotatable bonds is 2. The number of nitrogens with zero attached hydrogens (tertiary/aromatic N) is 1. The molecule has 0 aromatic rings. The van der Waals surface area contributed by atoms with Gasteiger partial charge in [-0.25, -0.2) is 9.80 Å². The van der Waals surface area contributed by atoms with Gasteiger partial charge in [0.2, 0.25) is 0 Å². The third-order valence-corrected chi connectivity index (χ3v) is 2.00. The fourth-order valence-corrected chi connectivity index (χ4v) is 1.39. The summed E-state index contributed by atoms with van der Waals surface area (Å²) in [6.07, 6.45) is 2.03. The zero-order valence-corrected chi connectivity index (χ0v) is 8.26. The van der Waals surface area contributed by atoms with Crippen molar-refractivity contribution in [1.29, 1.82) is 0 Å². The Balaban J connectivity index is 2.18. The third kappa shape index (κ3) is 4.10. The van der Waals surface area contributed by atoms with Gasteiger partial charge in [0.05, 0.1) is 0 Å². The normalized spacial score (nSPS) is 18.7. The van der Waals surface area contributed by atoms with Crippen molar-refractivity contribution in [3.8, 4) is 0 Å². The van der Waals surface area contributed by atoms with Gasteiger partial charge in [-0.2, -0.15) is 0 Å². The Hall–Kier alpha value is -0.810. The van der Waals surface area contributed by atoms with E-state index in [1.165, 1.54) is 0 Å². The zero-order valence-electron chi connectivity index (χ0n) is 8.26. The summed E-state index contributed by atoms with van der Waals surface area (Å²) < 4.78 is 0. The fourth-order valence-electron chi connectivity index (χ4n) is 1.39. The van der Waals surface area contributed by atoms with Crippen molar-refractivity contribution in [2.24, 2.45) is 0 Å². The first-order valence-electron chi connectivity index (χ1n) is 4.63. The molecule has 76 valence electrons. The van der Waals surface area contributed by atoms with Crippen molar-refractivity contribution in [3.05, 3.63) is 0 Å². The summed E-state index contributed by atoms with van der Waals surface area (Å²) in [6.45, 7) is 1.99. The minimum absolute atomic E-state index is 0.114. The molecule has 5 nitrogen and oxygen atoms in total. The van der Waals surface area contributed by atoms with E-state index in [9.17, 15) is 4.79 Å². The van der Waals surface area contributed by atoms with Gasteiger partial charge >= 0.3 is 6.03 Å². The van der Waals surface area contributed by atoms with Gasteiger partial charge in [-0.15, -0.1) is 0 Å². The summed E-state index contributed by atoms with van der Waals surface area (Å²) in [6, 6.07) is 0.207. The Morgan fingerprint density at radius 1 is 1.38 bits per heavy atom. The second-order valence-corrected chi connectivity index (χ2v) is 3.50. The molecule has 0 atom stereocenters. The van der Waals surface area contributed by atoms with Crippen molar-refractivity contribution in [3.63, 3.8) is 0 Å². The van der Waals surface area contributed by atoms with Crippen molar-refractivity contribution < 1.29 is 4.79 Å². The molecule has 1 saturated heterocycles. The molecule has 13 heavy (non-hydrogen) atoms. The molecule has 0 spiro atoms. The Morgan fingerprint density at radius 2 is 2.00 bits per heavy atom. The maximum atomic E-state index is 11.2. The first-order chi connectivity index (χ1) is 6.18. The number of urea groups is 1. The summed E-state index contributed by atoms with van der Waals surface area (Å²) in [4.78, 5) is 11.2. The largest absolute Gasteiger partial charge is 0.334 e. The quantitative estimate of drug-likeness (QED) is 0.510. The van der Waals surface area contributed by atoms with Crippen LogP contribution in [0.2, 0.25) is 0 Å². The molecule has 0 aromatic heterocycles. The van der Waals surface area contributed by atoms with E-state index in [4.69, 9.17) is 0 Å². The summed E-state index contributed by atoms with van der Waals surface area (Å²) >= 11 is 0. The number of hydrazine groups is 1. The molecule has 0 unspecified atom stereocenters. The highest BCUT2D eigenvalue weighted by atomic mass is 16.2. The number of piperidine rings is 1. The van der Waals surface area contributed by atoms with Crippen LogP contribution in [0.3, 0.4) is 0 Å². The van der Waals surface area contributed by atoms with E-state index in [-0.39, 0.29) is 6.03 Å². The minimum atomic E-state index is -0.114. The first-order valence-corrected chi connectivity index (χ1v) is 4.63. The lowest BCUT2D eigenvalue weighted by Crippen LogP contribution is -2.50. The highest BCUT2D eigenvalue weighted by Crippen LogP contribution is 2.00. The molecule has 0 radical (unpaired) electrons. The molecular weight excluding hydrogens is 168 g/mol. The van der Waals surface area contributed by atoms with Crippen LogP contribution in [0.5, 0.6) is 0 Å². The van der Waals surface area contributed by atoms with Crippen LogP contribution in [0, 0.1) is 0 Å². The standard InChI is InChI=1S/C8H18N4O/c1-12(2)11-8(13)10-7-3-5-9-6-4-7/h7,9H,3-6H2,1-2H3,(H2,10,11,13). The molecule has 0 bridgehead atoms. The highest BCUT2D eigenvalue weighted by Gasteiger charge is 2.14. The fraction of sp³-hybridized carbons (Fsp3) is 0.875. The van der Waals surface area contributed by atoms with Crippen molar-refractivity contribution in [2.45, 2.75) is 18.9 Å². The molecule has 0 aliphatic carbocycles. The number of carbonyl (C=O) groups excluding carboxylic acids is 1. The first kappa shape index (κ1) is 10.3. The van der Waals surface area contributed by atoms with E-state index >= 15 is 0 Å². The van der Waals surface area contributed by atoms with Crippen molar-refractivity contribution in [2.75, 3.05) is 27.2 Å². The van der Waals surface area contributed by atoms with Gasteiger partial charge < -0.3 is 10.6 Å². The molecule has 2 amide bonds. The van der Waals surface area contributed by atoms with Gasteiger partial charge in [-0.1, -0.05) is 0 Å². The van der Waals surface area contributed by atoms with E-state index in [0.29, 0.717) is 6.04 Å². The second kappa shape index (κ2) is 5.04. The molecule has 3 N–H and O–H groups in total. The Bertz CT molecular complexity index is 166. The lowest BCUT2D eigenvalue weighted by atomic mass is 10.1. The van der Waals surface area contributed by atoms with Gasteiger partial charge in [0.25, 0.3) is 0 Å². The van der Waals surface area contributed by atoms with Crippen LogP contribution in [-0.4, -0.2) is 44.3 Å². The number of hydrogen-bond acceptors (Lipinski definition) is 3. The maximum absolute atomic E-state index is 11.2. The zero-order chi connectivity index (χ0) is 9.68. The van der Waals surface area contributed by atoms with Crippen LogP contribution in [0.25, 0.3) is 0 Å². The summed E-state index contributed by atoms with van der Waals surface area (Å²) in [5.74, 6) is 0. The average molecular weight is 186 g/mol. The van der Waals surface area contributed by atoms with Crippen LogP contribution in [0.4, 0.5) is 4.79 Å². The predicted molar refractivity (Wildman–Crippen MR) is 51.2 cm³/mol. The molecule has 5 heteroatoms. The molecule has 1 aliphatic rings. The smallest absolute Gasteiger partial charge is 0.329 e. The van der Waals surface area contributed by atoms with Gasteiger partial charge in [0, 0.05) is 20.1 Å². The van der Waals surface area contributed by atoms with Crippen LogP contribution in [-0.2, 0) is 0 Å². The lowest BCUT2D eigenvalue weighted by molar-refractivity contribution is 0.205. The van der Waals surface area contributed by atoms with E-state index in [1.54, 1.807) is 19.1 Å². The predicted octanol–water partition coefficient (Wildman–Crippen LogP) is -0.486. The molecule has 0 aromatic carbocycles. The maximum Gasteiger partial charge on any atom is 0.329 e. The summed E-state index contributed by atoms with van der Waals surface area (Å²) in [5.41, 5.74) is 2.65. The highest BCUT2D eigenvalue weighted by molar-refractivity contribution is 5.73. The topological polar surface area (TPSA) is 56.4 Å². The van der Waals surface area contributed by atoms with Crippen LogP contribution >= 0.6 is 0 Å².